The van der Waals surface area contributed by atoms with E-state index in [-0.39, 0.29) is 11.4 Å². The predicted molar refractivity (Wildman–Crippen MR) is 96.4 cm³/mol. The van der Waals surface area contributed by atoms with Gasteiger partial charge in [-0.3, -0.25) is 4.79 Å². The molecule has 0 bridgehead atoms. The molecule has 25 heavy (non-hydrogen) atoms. The van der Waals surface area contributed by atoms with Crippen LogP contribution in [-0.2, 0) is 0 Å². The number of benzene rings is 1. The Balaban J connectivity index is 1.56. The van der Waals surface area contributed by atoms with Crippen LogP contribution in [0.3, 0.4) is 0 Å². The van der Waals surface area contributed by atoms with E-state index < -0.39 is 0 Å². The monoisotopic (exact) mass is 337 g/mol. The minimum Gasteiger partial charge on any atom is -0.486 e. The van der Waals surface area contributed by atoms with Crippen molar-refractivity contribution in [1.29, 1.82) is 0 Å². The second-order valence-corrected chi connectivity index (χ2v) is 7.35. The molecule has 1 aromatic heterocycles. The molecule has 0 aliphatic carbocycles. The highest BCUT2D eigenvalue weighted by molar-refractivity contribution is 6.01. The zero-order valence-electron chi connectivity index (χ0n) is 15.0. The summed E-state index contributed by atoms with van der Waals surface area (Å²) in [7, 11) is 0. The number of hydrogen-bond donors (Lipinski definition) is 0. The predicted octanol–water partition coefficient (Wildman–Crippen LogP) is 3.41. The van der Waals surface area contributed by atoms with E-state index in [0.717, 1.165) is 59.9 Å². The summed E-state index contributed by atoms with van der Waals surface area (Å²) in [5.41, 5.74) is 3.50. The molecule has 1 saturated heterocycles. The number of ether oxygens (including phenoxy) is 1. The number of aryl methyl sites for hydroxylation is 3. The number of anilines is 1. The van der Waals surface area contributed by atoms with Gasteiger partial charge < -0.3 is 9.64 Å². The molecule has 0 unspecified atom stereocenters. The van der Waals surface area contributed by atoms with E-state index in [1.54, 1.807) is 6.33 Å². The van der Waals surface area contributed by atoms with Gasteiger partial charge in [0.05, 0.1) is 12.0 Å². The van der Waals surface area contributed by atoms with E-state index in [4.69, 9.17) is 4.74 Å². The molecule has 0 saturated carbocycles. The first-order valence-corrected chi connectivity index (χ1v) is 8.83. The lowest BCUT2D eigenvalue weighted by molar-refractivity contribution is 0.0225. The maximum atomic E-state index is 12.7. The third kappa shape index (κ3) is 2.88. The minimum absolute atomic E-state index is 0.208. The molecule has 0 amide bonds. The SMILES string of the molecule is Cc1cc(C)c2c(c1)C(=O)CC1(CCN(c3cc(C)ncn3)CC1)O2. The Hall–Kier alpha value is -2.43. The molecule has 0 radical (unpaired) electrons. The van der Waals surface area contributed by atoms with Gasteiger partial charge in [-0.15, -0.1) is 0 Å². The first-order chi connectivity index (χ1) is 12.0. The number of carbonyl (C=O) groups is 1. The van der Waals surface area contributed by atoms with E-state index in [0.29, 0.717) is 6.42 Å². The van der Waals surface area contributed by atoms with Crippen LogP contribution in [0.2, 0.25) is 0 Å². The Bertz CT molecular complexity index is 839. The van der Waals surface area contributed by atoms with Crippen LogP contribution in [0.5, 0.6) is 5.75 Å². The summed E-state index contributed by atoms with van der Waals surface area (Å²) in [6, 6.07) is 6.05. The van der Waals surface area contributed by atoms with Crippen molar-refractivity contribution in [3.63, 3.8) is 0 Å². The second-order valence-electron chi connectivity index (χ2n) is 7.35. The Morgan fingerprint density at radius 2 is 1.84 bits per heavy atom. The van der Waals surface area contributed by atoms with Gasteiger partial charge in [-0.25, -0.2) is 9.97 Å². The fourth-order valence-corrected chi connectivity index (χ4v) is 3.97. The van der Waals surface area contributed by atoms with Crippen LogP contribution in [0.1, 0.15) is 46.4 Å². The summed E-state index contributed by atoms with van der Waals surface area (Å²) >= 11 is 0. The van der Waals surface area contributed by atoms with E-state index in [2.05, 4.69) is 20.9 Å². The van der Waals surface area contributed by atoms with Crippen molar-refractivity contribution in [3.05, 3.63) is 46.9 Å². The molecule has 1 fully saturated rings. The smallest absolute Gasteiger partial charge is 0.170 e. The Labute approximate surface area is 148 Å². The van der Waals surface area contributed by atoms with Gasteiger partial charge >= 0.3 is 0 Å². The fraction of sp³-hybridized carbons (Fsp3) is 0.450. The summed E-state index contributed by atoms with van der Waals surface area (Å²) < 4.78 is 6.44. The van der Waals surface area contributed by atoms with Gasteiger partial charge in [0.1, 0.15) is 23.5 Å². The molecule has 2 aromatic rings. The molecule has 5 nitrogen and oxygen atoms in total. The molecule has 0 atom stereocenters. The molecule has 1 aromatic carbocycles. The molecule has 130 valence electrons. The third-order valence-corrected chi connectivity index (χ3v) is 5.31. The maximum absolute atomic E-state index is 12.7. The summed E-state index contributed by atoms with van der Waals surface area (Å²) in [5, 5.41) is 0. The molecule has 2 aliphatic heterocycles. The minimum atomic E-state index is -0.372. The number of piperidine rings is 1. The van der Waals surface area contributed by atoms with Crippen LogP contribution in [0.15, 0.2) is 24.5 Å². The van der Waals surface area contributed by atoms with Crippen molar-refractivity contribution < 1.29 is 9.53 Å². The van der Waals surface area contributed by atoms with E-state index >= 15 is 0 Å². The van der Waals surface area contributed by atoms with Gasteiger partial charge in [-0.1, -0.05) is 6.07 Å². The molecule has 4 rings (SSSR count). The van der Waals surface area contributed by atoms with Gasteiger partial charge in [0.15, 0.2) is 5.78 Å². The van der Waals surface area contributed by atoms with Crippen LogP contribution in [0.4, 0.5) is 5.82 Å². The summed E-state index contributed by atoms with van der Waals surface area (Å²) in [6.45, 7) is 7.69. The average molecular weight is 337 g/mol. The summed E-state index contributed by atoms with van der Waals surface area (Å²) in [6.07, 6.45) is 3.74. The number of rotatable bonds is 1. The van der Waals surface area contributed by atoms with Crippen molar-refractivity contribution in [2.24, 2.45) is 0 Å². The Morgan fingerprint density at radius 1 is 1.08 bits per heavy atom. The highest BCUT2D eigenvalue weighted by Gasteiger charge is 2.43. The molecule has 3 heterocycles. The largest absolute Gasteiger partial charge is 0.486 e. The first-order valence-electron chi connectivity index (χ1n) is 8.83. The number of hydrogen-bond acceptors (Lipinski definition) is 5. The van der Waals surface area contributed by atoms with Crippen molar-refractivity contribution in [2.75, 3.05) is 18.0 Å². The van der Waals surface area contributed by atoms with Crippen LogP contribution in [0, 0.1) is 20.8 Å². The van der Waals surface area contributed by atoms with Crippen molar-refractivity contribution in [1.82, 2.24) is 9.97 Å². The van der Waals surface area contributed by atoms with Gasteiger partial charge in [-0.2, -0.15) is 0 Å². The Kier molecular flexibility index (Phi) is 3.74. The van der Waals surface area contributed by atoms with E-state index in [9.17, 15) is 4.79 Å². The van der Waals surface area contributed by atoms with Gasteiger partial charge in [-0.05, 0) is 38.0 Å². The van der Waals surface area contributed by atoms with Crippen LogP contribution < -0.4 is 9.64 Å². The number of ketones is 1. The standard InChI is InChI=1S/C20H23N3O2/c1-13-8-14(2)19-16(9-13)17(24)11-20(25-19)4-6-23(7-5-20)18-10-15(3)21-12-22-18/h8-10,12H,4-7,11H2,1-3H3. The quantitative estimate of drug-likeness (QED) is 0.798. The fourth-order valence-electron chi connectivity index (χ4n) is 3.97. The summed E-state index contributed by atoms with van der Waals surface area (Å²) in [4.78, 5) is 23.5. The number of nitrogens with zero attached hydrogens (tertiary/aromatic N) is 3. The zero-order valence-corrected chi connectivity index (χ0v) is 15.0. The molecule has 0 N–H and O–H groups in total. The molecular weight excluding hydrogens is 314 g/mol. The summed E-state index contributed by atoms with van der Waals surface area (Å²) in [5.74, 6) is 1.95. The molecule has 5 heteroatoms. The third-order valence-electron chi connectivity index (χ3n) is 5.31. The topological polar surface area (TPSA) is 55.3 Å². The molecular formula is C20H23N3O2. The average Bonchev–Trinajstić information content (AvgIpc) is 2.57. The van der Waals surface area contributed by atoms with Crippen molar-refractivity contribution in [3.8, 4) is 5.75 Å². The van der Waals surface area contributed by atoms with Crippen LogP contribution in [-0.4, -0.2) is 34.4 Å². The van der Waals surface area contributed by atoms with E-state index in [1.807, 2.05) is 32.9 Å². The van der Waals surface area contributed by atoms with Crippen molar-refractivity contribution >= 4 is 11.6 Å². The lowest BCUT2D eigenvalue weighted by Crippen LogP contribution is -2.51. The highest BCUT2D eigenvalue weighted by atomic mass is 16.5. The van der Waals surface area contributed by atoms with Crippen molar-refractivity contribution in [2.45, 2.75) is 45.6 Å². The van der Waals surface area contributed by atoms with E-state index in [1.165, 1.54) is 0 Å². The second kappa shape index (κ2) is 5.83. The van der Waals surface area contributed by atoms with Gasteiger partial charge in [0.25, 0.3) is 0 Å². The number of aromatic nitrogens is 2. The number of carbonyl (C=O) groups excluding carboxylic acids is 1. The van der Waals surface area contributed by atoms with Gasteiger partial charge in [0, 0.05) is 37.7 Å². The number of fused-ring (bicyclic) bond motifs is 1. The molecule has 1 spiro atoms. The Morgan fingerprint density at radius 3 is 2.56 bits per heavy atom. The maximum Gasteiger partial charge on any atom is 0.170 e. The lowest BCUT2D eigenvalue weighted by Gasteiger charge is -2.44. The van der Waals surface area contributed by atoms with Gasteiger partial charge in [0.2, 0.25) is 0 Å². The van der Waals surface area contributed by atoms with Crippen LogP contribution >= 0.6 is 0 Å². The lowest BCUT2D eigenvalue weighted by atomic mass is 9.81. The van der Waals surface area contributed by atoms with Crippen LogP contribution in [0.25, 0.3) is 0 Å². The normalized spacial score (nSPS) is 18.8. The first kappa shape index (κ1) is 16.1. The highest BCUT2D eigenvalue weighted by Crippen LogP contribution is 2.41. The molecule has 2 aliphatic rings. The number of Topliss-reactive ketones (excluding diaryl/α,β-unsaturated/α-hetero) is 1. The zero-order chi connectivity index (χ0) is 17.6.